The zero-order chi connectivity index (χ0) is 33.5. The molecule has 0 spiro atoms. The third-order valence-corrected chi connectivity index (χ3v) is 11.7. The molecule has 0 bridgehead atoms. The first-order valence-electron chi connectivity index (χ1n) is 17.4. The average Bonchev–Trinajstić information content (AvgIpc) is 3.84. The molecule has 0 N–H and O–H groups in total. The Labute approximate surface area is 298 Å². The van der Waals surface area contributed by atoms with Crippen LogP contribution in [0.3, 0.4) is 0 Å². The van der Waals surface area contributed by atoms with Gasteiger partial charge in [-0.2, -0.15) is 0 Å². The minimum Gasteiger partial charge on any atom is -0.309 e. The quantitative estimate of drug-likeness (QED) is 0.177. The summed E-state index contributed by atoms with van der Waals surface area (Å²) in [5, 5.41) is 7.79. The maximum Gasteiger partial charge on any atom is 0.0548 e. The molecule has 11 aromatic rings. The lowest BCUT2D eigenvalue weighted by molar-refractivity contribution is 1.18. The summed E-state index contributed by atoms with van der Waals surface area (Å²) in [4.78, 5) is 0. The Balaban J connectivity index is 0.955. The molecular weight excluding hydrogens is 637 g/mol. The summed E-state index contributed by atoms with van der Waals surface area (Å²) in [7, 11) is 0. The number of aromatic nitrogens is 2. The zero-order valence-electron chi connectivity index (χ0n) is 27.6. The molecule has 2 nitrogen and oxygen atoms in total. The number of fused-ring (bicyclic) bond motifs is 9. The van der Waals surface area contributed by atoms with Gasteiger partial charge in [-0.05, 0) is 82.9 Å². The van der Waals surface area contributed by atoms with Crippen molar-refractivity contribution in [3.63, 3.8) is 0 Å². The maximum atomic E-state index is 2.42. The highest BCUT2D eigenvalue weighted by atomic mass is 32.1. The topological polar surface area (TPSA) is 9.86 Å². The zero-order valence-corrected chi connectivity index (χ0v) is 28.4. The normalized spacial score (nSPS) is 11.9. The third-order valence-electron chi connectivity index (χ3n) is 10.5. The molecule has 238 valence electrons. The van der Waals surface area contributed by atoms with Gasteiger partial charge in [-0.3, -0.25) is 0 Å². The van der Waals surface area contributed by atoms with Crippen LogP contribution in [0.1, 0.15) is 0 Å². The summed E-state index contributed by atoms with van der Waals surface area (Å²) >= 11 is 1.88. The predicted octanol–water partition coefficient (Wildman–Crippen LogP) is 13.6. The first-order valence-corrected chi connectivity index (χ1v) is 18.2. The summed E-state index contributed by atoms with van der Waals surface area (Å²) in [6.07, 6.45) is 0. The SMILES string of the molecule is c1cc(-c2ccc(-c3ccc(-n4c5ccccc5c5cc6sc7ccccc7c6cc54)cc3)cc2)cc(-n2c3ccccc3c3ccccc32)c1. The molecule has 0 radical (unpaired) electrons. The minimum absolute atomic E-state index is 1.17. The fourth-order valence-electron chi connectivity index (χ4n) is 8.15. The molecule has 0 aliphatic rings. The average molecular weight is 667 g/mol. The van der Waals surface area contributed by atoms with Gasteiger partial charge in [-0.25, -0.2) is 0 Å². The summed E-state index contributed by atoms with van der Waals surface area (Å²) in [5.74, 6) is 0. The molecule has 3 heterocycles. The number of hydrogen-bond acceptors (Lipinski definition) is 1. The summed E-state index contributed by atoms with van der Waals surface area (Å²) < 4.78 is 7.48. The number of rotatable bonds is 4. The lowest BCUT2D eigenvalue weighted by atomic mass is 10.00. The number of hydrogen-bond donors (Lipinski definition) is 0. The molecule has 0 fully saturated rings. The Kier molecular flexibility index (Phi) is 6.16. The van der Waals surface area contributed by atoms with E-state index >= 15 is 0 Å². The van der Waals surface area contributed by atoms with Crippen LogP contribution < -0.4 is 0 Å². The number of para-hydroxylation sites is 3. The van der Waals surface area contributed by atoms with Gasteiger partial charge in [0, 0.05) is 53.1 Å². The van der Waals surface area contributed by atoms with Gasteiger partial charge in [0.15, 0.2) is 0 Å². The first-order chi connectivity index (χ1) is 25.3. The van der Waals surface area contributed by atoms with Crippen LogP contribution in [0.4, 0.5) is 0 Å². The van der Waals surface area contributed by atoms with Crippen LogP contribution in [0.5, 0.6) is 0 Å². The van der Waals surface area contributed by atoms with E-state index in [0.717, 1.165) is 0 Å². The number of benzene rings is 8. The van der Waals surface area contributed by atoms with E-state index in [1.165, 1.54) is 97.4 Å². The van der Waals surface area contributed by atoms with Crippen LogP contribution in [0.2, 0.25) is 0 Å². The summed E-state index contributed by atoms with van der Waals surface area (Å²) in [5.41, 5.74) is 12.1. The minimum atomic E-state index is 1.17. The molecule has 3 aromatic heterocycles. The van der Waals surface area contributed by atoms with Crippen LogP contribution in [-0.4, -0.2) is 9.13 Å². The molecule has 11 rings (SSSR count). The molecule has 51 heavy (non-hydrogen) atoms. The van der Waals surface area contributed by atoms with Crippen molar-refractivity contribution < 1.29 is 0 Å². The highest BCUT2D eigenvalue weighted by molar-refractivity contribution is 7.25. The molecule has 8 aromatic carbocycles. The first kappa shape index (κ1) is 28.4. The van der Waals surface area contributed by atoms with Crippen LogP contribution >= 0.6 is 11.3 Å². The van der Waals surface area contributed by atoms with Gasteiger partial charge in [0.2, 0.25) is 0 Å². The number of nitrogens with zero attached hydrogens (tertiary/aromatic N) is 2. The van der Waals surface area contributed by atoms with Crippen LogP contribution in [0.25, 0.3) is 97.4 Å². The fourth-order valence-corrected chi connectivity index (χ4v) is 9.28. The second-order valence-electron chi connectivity index (χ2n) is 13.4. The fraction of sp³-hybridized carbons (Fsp3) is 0. The molecule has 0 aliphatic carbocycles. The van der Waals surface area contributed by atoms with Crippen molar-refractivity contribution in [3.05, 3.63) is 182 Å². The molecule has 0 atom stereocenters. The van der Waals surface area contributed by atoms with E-state index in [1.807, 2.05) is 11.3 Å². The van der Waals surface area contributed by atoms with E-state index < -0.39 is 0 Å². The molecule has 0 saturated heterocycles. The number of thiophene rings is 1. The largest absolute Gasteiger partial charge is 0.309 e. The van der Waals surface area contributed by atoms with Crippen molar-refractivity contribution in [2.24, 2.45) is 0 Å². The molecular formula is C48H30N2S. The van der Waals surface area contributed by atoms with Crippen molar-refractivity contribution in [3.8, 4) is 33.6 Å². The lowest BCUT2D eigenvalue weighted by Crippen LogP contribution is -1.94. The van der Waals surface area contributed by atoms with E-state index in [2.05, 4.69) is 191 Å². The highest BCUT2D eigenvalue weighted by Crippen LogP contribution is 2.41. The smallest absolute Gasteiger partial charge is 0.0548 e. The second-order valence-corrected chi connectivity index (χ2v) is 14.4. The third kappa shape index (κ3) is 4.35. The van der Waals surface area contributed by atoms with Gasteiger partial charge in [-0.15, -0.1) is 11.3 Å². The molecule has 0 aliphatic heterocycles. The molecule has 0 amide bonds. The maximum absolute atomic E-state index is 2.42. The van der Waals surface area contributed by atoms with E-state index in [0.29, 0.717) is 0 Å². The van der Waals surface area contributed by atoms with Crippen molar-refractivity contribution in [2.75, 3.05) is 0 Å². The summed E-state index contributed by atoms with van der Waals surface area (Å²) in [6.45, 7) is 0. The Morgan fingerprint density at radius 2 is 0.784 bits per heavy atom. The van der Waals surface area contributed by atoms with Gasteiger partial charge in [0.25, 0.3) is 0 Å². The van der Waals surface area contributed by atoms with Gasteiger partial charge in [0.1, 0.15) is 0 Å². The van der Waals surface area contributed by atoms with Gasteiger partial charge in [-0.1, -0.05) is 121 Å². The van der Waals surface area contributed by atoms with Crippen molar-refractivity contribution in [1.29, 1.82) is 0 Å². The van der Waals surface area contributed by atoms with Crippen molar-refractivity contribution in [2.45, 2.75) is 0 Å². The molecule has 0 unspecified atom stereocenters. The van der Waals surface area contributed by atoms with E-state index in [1.54, 1.807) is 0 Å². The Morgan fingerprint density at radius 1 is 0.275 bits per heavy atom. The Hall–Kier alpha value is -6.42. The lowest BCUT2D eigenvalue weighted by Gasteiger charge is -2.11. The molecule has 0 saturated carbocycles. The van der Waals surface area contributed by atoms with E-state index in [4.69, 9.17) is 0 Å². The predicted molar refractivity (Wildman–Crippen MR) is 219 cm³/mol. The Bertz CT molecular complexity index is 3070. The van der Waals surface area contributed by atoms with E-state index in [9.17, 15) is 0 Å². The van der Waals surface area contributed by atoms with Gasteiger partial charge < -0.3 is 9.13 Å². The standard InChI is InChI=1S/C48H30N2S/c1-5-16-43-37(12-1)38-13-2-6-17-44(38)50(43)36-11-9-10-34(28-36)33-22-20-31(21-23-33)32-24-26-35(27-25-32)49-45-18-7-3-14-39(45)41-30-48-42(29-46(41)49)40-15-4-8-19-47(40)51-48/h1-30H. The van der Waals surface area contributed by atoms with Gasteiger partial charge in [0.05, 0.1) is 22.1 Å². The second kappa shape index (κ2) is 11.0. The van der Waals surface area contributed by atoms with Crippen molar-refractivity contribution in [1.82, 2.24) is 9.13 Å². The van der Waals surface area contributed by atoms with E-state index in [-0.39, 0.29) is 0 Å². The summed E-state index contributed by atoms with van der Waals surface area (Å²) in [6, 6.07) is 66.6. The Morgan fingerprint density at radius 3 is 1.43 bits per heavy atom. The highest BCUT2D eigenvalue weighted by Gasteiger charge is 2.16. The van der Waals surface area contributed by atoms with Crippen LogP contribution in [0, 0.1) is 0 Å². The van der Waals surface area contributed by atoms with Gasteiger partial charge >= 0.3 is 0 Å². The van der Waals surface area contributed by atoms with Crippen LogP contribution in [0.15, 0.2) is 182 Å². The monoisotopic (exact) mass is 666 g/mol. The van der Waals surface area contributed by atoms with Crippen molar-refractivity contribution >= 4 is 75.1 Å². The van der Waals surface area contributed by atoms with Crippen LogP contribution in [-0.2, 0) is 0 Å². The molecule has 3 heteroatoms.